The third kappa shape index (κ3) is 3.06. The summed E-state index contributed by atoms with van der Waals surface area (Å²) < 4.78 is 6.34. The Kier molecular flexibility index (Phi) is 5.04. The van der Waals surface area contributed by atoms with Gasteiger partial charge in [0, 0.05) is 23.5 Å². The van der Waals surface area contributed by atoms with E-state index in [2.05, 4.69) is 24.8 Å². The van der Waals surface area contributed by atoms with E-state index in [4.69, 9.17) is 22.1 Å². The molecule has 2 rings (SSSR count). The number of hydrogen-bond acceptors (Lipinski definition) is 4. The second-order valence-electron chi connectivity index (χ2n) is 4.82. The molecule has 18 heavy (non-hydrogen) atoms. The molecule has 3 nitrogen and oxygen atoms in total. The second-order valence-corrected chi connectivity index (χ2v) is 6.57. The van der Waals surface area contributed by atoms with E-state index < -0.39 is 0 Å². The van der Waals surface area contributed by atoms with Crippen LogP contribution in [0, 0.1) is 0 Å². The van der Waals surface area contributed by atoms with E-state index in [-0.39, 0.29) is 12.1 Å². The number of hydrogen-bond donors (Lipinski definition) is 1. The van der Waals surface area contributed by atoms with Gasteiger partial charge in [-0.25, -0.2) is 0 Å². The molecule has 5 heteroatoms. The number of nitrogens with two attached hydrogens (primary N) is 1. The van der Waals surface area contributed by atoms with E-state index in [1.165, 1.54) is 4.88 Å². The zero-order chi connectivity index (χ0) is 13.1. The standard InChI is InChI=1S/C13H21ClN2OS/c1-3-10(15)13(11-4-5-12(14)18-11)16-6-7-17-8-9(16)2/h4-5,9-10,13H,3,6-8,15H2,1-2H3. The van der Waals surface area contributed by atoms with Crippen LogP contribution in [0.15, 0.2) is 12.1 Å². The van der Waals surface area contributed by atoms with Crippen LogP contribution in [0.5, 0.6) is 0 Å². The fourth-order valence-electron chi connectivity index (χ4n) is 2.48. The van der Waals surface area contributed by atoms with Crippen LogP contribution in [-0.4, -0.2) is 36.7 Å². The zero-order valence-corrected chi connectivity index (χ0v) is 12.5. The quantitative estimate of drug-likeness (QED) is 0.926. The third-order valence-electron chi connectivity index (χ3n) is 3.54. The van der Waals surface area contributed by atoms with Gasteiger partial charge in [0.05, 0.1) is 23.6 Å². The normalized spacial score (nSPS) is 25.0. The first-order chi connectivity index (χ1) is 8.63. The van der Waals surface area contributed by atoms with Gasteiger partial charge < -0.3 is 10.5 Å². The van der Waals surface area contributed by atoms with Gasteiger partial charge in [-0.2, -0.15) is 0 Å². The second kappa shape index (κ2) is 6.35. The molecule has 2 heterocycles. The summed E-state index contributed by atoms with van der Waals surface area (Å²) in [7, 11) is 0. The van der Waals surface area contributed by atoms with Crippen molar-refractivity contribution in [1.29, 1.82) is 0 Å². The third-order valence-corrected chi connectivity index (χ3v) is 4.84. The van der Waals surface area contributed by atoms with Crippen LogP contribution < -0.4 is 5.73 Å². The molecule has 0 aromatic carbocycles. The lowest BCUT2D eigenvalue weighted by molar-refractivity contribution is -0.0274. The van der Waals surface area contributed by atoms with Crippen LogP contribution in [-0.2, 0) is 4.74 Å². The molecule has 0 spiro atoms. The molecular formula is C13H21ClN2OS. The van der Waals surface area contributed by atoms with Crippen LogP contribution in [0.4, 0.5) is 0 Å². The van der Waals surface area contributed by atoms with Crippen molar-refractivity contribution in [2.45, 2.75) is 38.4 Å². The summed E-state index contributed by atoms with van der Waals surface area (Å²) in [5.74, 6) is 0. The largest absolute Gasteiger partial charge is 0.379 e. The van der Waals surface area contributed by atoms with Crippen molar-refractivity contribution in [2.75, 3.05) is 19.8 Å². The molecule has 0 aliphatic carbocycles. The molecular weight excluding hydrogens is 268 g/mol. The molecule has 0 amide bonds. The van der Waals surface area contributed by atoms with Crippen LogP contribution >= 0.6 is 22.9 Å². The Morgan fingerprint density at radius 1 is 1.61 bits per heavy atom. The predicted molar refractivity (Wildman–Crippen MR) is 77.3 cm³/mol. The Balaban J connectivity index is 2.24. The van der Waals surface area contributed by atoms with Gasteiger partial charge in [-0.05, 0) is 25.5 Å². The number of nitrogens with zero attached hydrogens (tertiary/aromatic N) is 1. The Bertz CT molecular complexity index is 385. The average Bonchev–Trinajstić information content (AvgIpc) is 2.78. The van der Waals surface area contributed by atoms with E-state index in [0.29, 0.717) is 6.04 Å². The molecule has 1 aliphatic heterocycles. The first-order valence-electron chi connectivity index (χ1n) is 6.47. The van der Waals surface area contributed by atoms with Gasteiger partial charge in [0.25, 0.3) is 0 Å². The summed E-state index contributed by atoms with van der Waals surface area (Å²) in [5.41, 5.74) is 6.33. The lowest BCUT2D eigenvalue weighted by Gasteiger charge is -2.41. The van der Waals surface area contributed by atoms with E-state index in [1.54, 1.807) is 11.3 Å². The zero-order valence-electron chi connectivity index (χ0n) is 10.9. The van der Waals surface area contributed by atoms with Crippen molar-refractivity contribution in [2.24, 2.45) is 5.73 Å². The minimum absolute atomic E-state index is 0.139. The summed E-state index contributed by atoms with van der Waals surface area (Å²) in [4.78, 5) is 3.72. The van der Waals surface area contributed by atoms with Crippen molar-refractivity contribution in [1.82, 2.24) is 4.90 Å². The first-order valence-corrected chi connectivity index (χ1v) is 7.67. The molecule has 3 atom stereocenters. The summed E-state index contributed by atoms with van der Waals surface area (Å²) in [6.45, 7) is 6.85. The average molecular weight is 289 g/mol. The Labute approximate surface area is 118 Å². The maximum atomic E-state index is 6.33. The van der Waals surface area contributed by atoms with Gasteiger partial charge in [-0.3, -0.25) is 4.90 Å². The lowest BCUT2D eigenvalue weighted by Crippen LogP contribution is -2.50. The highest BCUT2D eigenvalue weighted by Crippen LogP contribution is 2.34. The SMILES string of the molecule is CCC(N)C(c1ccc(Cl)s1)N1CCOCC1C. The van der Waals surface area contributed by atoms with Gasteiger partial charge in [0.2, 0.25) is 0 Å². The van der Waals surface area contributed by atoms with Gasteiger partial charge in [-0.15, -0.1) is 11.3 Å². The predicted octanol–water partition coefficient (Wildman–Crippen LogP) is 2.90. The molecule has 1 aliphatic rings. The lowest BCUT2D eigenvalue weighted by atomic mass is 10.0. The van der Waals surface area contributed by atoms with E-state index in [9.17, 15) is 0 Å². The van der Waals surface area contributed by atoms with Gasteiger partial charge >= 0.3 is 0 Å². The molecule has 3 unspecified atom stereocenters. The number of rotatable bonds is 4. The van der Waals surface area contributed by atoms with Gasteiger partial charge in [0.15, 0.2) is 0 Å². The Morgan fingerprint density at radius 2 is 2.39 bits per heavy atom. The van der Waals surface area contributed by atoms with Gasteiger partial charge in [-0.1, -0.05) is 18.5 Å². The summed E-state index contributed by atoms with van der Waals surface area (Å²) in [6.07, 6.45) is 0.963. The maximum Gasteiger partial charge on any atom is 0.0931 e. The summed E-state index contributed by atoms with van der Waals surface area (Å²) in [5, 5.41) is 0. The minimum atomic E-state index is 0.139. The molecule has 0 saturated carbocycles. The van der Waals surface area contributed by atoms with E-state index >= 15 is 0 Å². The monoisotopic (exact) mass is 288 g/mol. The molecule has 102 valence electrons. The number of morpholine rings is 1. The summed E-state index contributed by atoms with van der Waals surface area (Å²) in [6, 6.07) is 4.87. The van der Waals surface area contributed by atoms with Crippen molar-refractivity contribution in [3.05, 3.63) is 21.3 Å². The van der Waals surface area contributed by atoms with Crippen molar-refractivity contribution >= 4 is 22.9 Å². The van der Waals surface area contributed by atoms with Gasteiger partial charge in [0.1, 0.15) is 0 Å². The van der Waals surface area contributed by atoms with Crippen molar-refractivity contribution in [3.63, 3.8) is 0 Å². The molecule has 2 N–H and O–H groups in total. The smallest absolute Gasteiger partial charge is 0.0931 e. The maximum absolute atomic E-state index is 6.33. The number of thiophene rings is 1. The number of halogens is 1. The van der Waals surface area contributed by atoms with Crippen LogP contribution in [0.25, 0.3) is 0 Å². The fraction of sp³-hybridized carbons (Fsp3) is 0.692. The Morgan fingerprint density at radius 3 is 2.94 bits per heavy atom. The highest BCUT2D eigenvalue weighted by molar-refractivity contribution is 7.16. The van der Waals surface area contributed by atoms with E-state index in [1.807, 2.05) is 6.07 Å². The molecule has 0 bridgehead atoms. The highest BCUT2D eigenvalue weighted by Gasteiger charge is 2.32. The highest BCUT2D eigenvalue weighted by atomic mass is 35.5. The molecule has 1 aromatic heterocycles. The first kappa shape index (κ1) is 14.3. The summed E-state index contributed by atoms with van der Waals surface area (Å²) >= 11 is 7.70. The number of ether oxygens (including phenoxy) is 1. The topological polar surface area (TPSA) is 38.5 Å². The molecule has 0 radical (unpaired) electrons. The van der Waals surface area contributed by atoms with Crippen LogP contribution in [0.2, 0.25) is 4.34 Å². The minimum Gasteiger partial charge on any atom is -0.379 e. The Hall–Kier alpha value is -0.130. The van der Waals surface area contributed by atoms with Crippen LogP contribution in [0.3, 0.4) is 0 Å². The molecule has 1 aromatic rings. The van der Waals surface area contributed by atoms with Crippen molar-refractivity contribution in [3.8, 4) is 0 Å². The molecule has 1 saturated heterocycles. The fourth-order valence-corrected chi connectivity index (χ4v) is 3.74. The molecule has 1 fully saturated rings. The van der Waals surface area contributed by atoms with E-state index in [0.717, 1.165) is 30.5 Å². The van der Waals surface area contributed by atoms with Crippen LogP contribution in [0.1, 0.15) is 31.2 Å². The van der Waals surface area contributed by atoms with Crippen molar-refractivity contribution < 1.29 is 4.74 Å².